The highest BCUT2D eigenvalue weighted by atomic mass is 16.2. The summed E-state index contributed by atoms with van der Waals surface area (Å²) in [4.78, 5) is 45.0. The molecule has 0 radical (unpaired) electrons. The topological polar surface area (TPSA) is 73.0 Å². The molecular weight excluding hydrogens is 428 g/mol. The van der Waals surface area contributed by atoms with Gasteiger partial charge in [0.15, 0.2) is 0 Å². The zero-order valence-electron chi connectivity index (χ0n) is 20.5. The van der Waals surface area contributed by atoms with Crippen LogP contribution in [0.1, 0.15) is 39.2 Å². The van der Waals surface area contributed by atoms with Crippen LogP contribution in [0.3, 0.4) is 0 Å². The van der Waals surface area contributed by atoms with Crippen LogP contribution in [-0.2, 0) is 14.4 Å². The lowest BCUT2D eigenvalue weighted by Gasteiger charge is -2.44. The molecule has 1 N–H and O–H groups in total. The summed E-state index contributed by atoms with van der Waals surface area (Å²) >= 11 is 0. The summed E-state index contributed by atoms with van der Waals surface area (Å²) < 4.78 is 0. The first-order valence-electron chi connectivity index (χ1n) is 11.9. The van der Waals surface area contributed by atoms with Crippen LogP contribution in [0.25, 0.3) is 0 Å². The molecule has 0 atom stereocenters. The molecule has 3 amide bonds. The van der Waals surface area contributed by atoms with Crippen LogP contribution in [0.15, 0.2) is 54.6 Å². The summed E-state index contributed by atoms with van der Waals surface area (Å²) in [5.41, 5.74) is 1.58. The zero-order valence-corrected chi connectivity index (χ0v) is 20.5. The van der Waals surface area contributed by atoms with Gasteiger partial charge in [0.25, 0.3) is 5.91 Å². The number of carbonyl (C=O) groups is 3. The minimum Gasteiger partial charge on any atom is -0.342 e. The second-order valence-electron chi connectivity index (χ2n) is 10.4. The Morgan fingerprint density at radius 2 is 1.59 bits per heavy atom. The molecule has 4 rings (SSSR count). The maximum absolute atomic E-state index is 13.8. The van der Waals surface area contributed by atoms with Crippen molar-refractivity contribution in [2.75, 3.05) is 36.5 Å². The molecule has 0 saturated carbocycles. The summed E-state index contributed by atoms with van der Waals surface area (Å²) in [6.07, 6.45) is 1.08. The number of carbonyl (C=O) groups excluding carboxylic acids is 3. The van der Waals surface area contributed by atoms with Gasteiger partial charge in [-0.15, -0.1) is 0 Å². The lowest BCUT2D eigenvalue weighted by Crippen LogP contribution is -2.58. The van der Waals surface area contributed by atoms with Crippen molar-refractivity contribution >= 4 is 29.1 Å². The second-order valence-corrected chi connectivity index (χ2v) is 10.4. The fourth-order valence-corrected chi connectivity index (χ4v) is 4.89. The van der Waals surface area contributed by atoms with Gasteiger partial charge in [-0.2, -0.15) is 0 Å². The summed E-state index contributed by atoms with van der Waals surface area (Å²) in [5, 5.41) is 2.90. The predicted octanol–water partition coefficient (Wildman–Crippen LogP) is 3.65. The smallest absolute Gasteiger partial charge is 0.250 e. The molecule has 7 heteroatoms. The highest BCUT2D eigenvalue weighted by Crippen LogP contribution is 2.40. The van der Waals surface area contributed by atoms with E-state index >= 15 is 0 Å². The molecule has 1 spiro atoms. The third-order valence-electron chi connectivity index (χ3n) is 6.77. The summed E-state index contributed by atoms with van der Waals surface area (Å²) in [6, 6.07) is 17.5. The number of likely N-dealkylation sites (tertiary alicyclic amines) is 1. The minimum absolute atomic E-state index is 0.0115. The number of hydrogen-bond acceptors (Lipinski definition) is 4. The summed E-state index contributed by atoms with van der Waals surface area (Å²) in [7, 11) is 0. The molecule has 180 valence electrons. The van der Waals surface area contributed by atoms with Gasteiger partial charge in [0.05, 0.1) is 6.67 Å². The van der Waals surface area contributed by atoms with Crippen molar-refractivity contribution in [3.8, 4) is 0 Å². The van der Waals surface area contributed by atoms with Crippen LogP contribution in [0.5, 0.6) is 0 Å². The third kappa shape index (κ3) is 4.65. The molecule has 34 heavy (non-hydrogen) atoms. The van der Waals surface area contributed by atoms with Gasteiger partial charge in [0.1, 0.15) is 12.1 Å². The van der Waals surface area contributed by atoms with E-state index < -0.39 is 11.0 Å². The Balaban J connectivity index is 1.53. The van der Waals surface area contributed by atoms with Crippen LogP contribution >= 0.6 is 0 Å². The number of nitrogens with one attached hydrogen (secondary N) is 1. The Labute approximate surface area is 201 Å². The summed E-state index contributed by atoms with van der Waals surface area (Å²) in [6.45, 7) is 9.14. The zero-order chi connectivity index (χ0) is 24.5. The van der Waals surface area contributed by atoms with Crippen molar-refractivity contribution in [3.05, 3.63) is 60.2 Å². The molecule has 2 aromatic carbocycles. The molecule has 2 aromatic rings. The lowest BCUT2D eigenvalue weighted by molar-refractivity contribution is -0.144. The average molecular weight is 463 g/mol. The van der Waals surface area contributed by atoms with Gasteiger partial charge in [-0.1, -0.05) is 56.7 Å². The van der Waals surface area contributed by atoms with Crippen LogP contribution in [0.4, 0.5) is 11.4 Å². The minimum atomic E-state index is -0.750. The average Bonchev–Trinajstić information content (AvgIpc) is 3.06. The van der Waals surface area contributed by atoms with E-state index in [1.165, 1.54) is 0 Å². The highest BCUT2D eigenvalue weighted by molar-refractivity contribution is 5.99. The van der Waals surface area contributed by atoms with E-state index in [1.54, 1.807) is 4.90 Å². The van der Waals surface area contributed by atoms with E-state index in [1.807, 2.05) is 87.2 Å². The number of para-hydroxylation sites is 1. The van der Waals surface area contributed by atoms with E-state index in [4.69, 9.17) is 0 Å². The van der Waals surface area contributed by atoms with Gasteiger partial charge in [0.2, 0.25) is 11.8 Å². The number of piperidine rings is 1. The maximum atomic E-state index is 13.8. The quantitative estimate of drug-likeness (QED) is 0.753. The molecule has 2 fully saturated rings. The fraction of sp³-hybridized carbons (Fsp3) is 0.444. The van der Waals surface area contributed by atoms with Gasteiger partial charge in [0, 0.05) is 29.9 Å². The lowest BCUT2D eigenvalue weighted by atomic mass is 9.84. The largest absolute Gasteiger partial charge is 0.342 e. The first-order valence-corrected chi connectivity index (χ1v) is 11.9. The van der Waals surface area contributed by atoms with E-state index in [0.29, 0.717) is 38.3 Å². The Kier molecular flexibility index (Phi) is 6.39. The molecule has 0 aromatic heterocycles. The summed E-state index contributed by atoms with van der Waals surface area (Å²) in [5.74, 6) is -0.158. The molecule has 2 aliphatic heterocycles. The number of rotatable bonds is 4. The van der Waals surface area contributed by atoms with Gasteiger partial charge >= 0.3 is 0 Å². The first kappa shape index (κ1) is 23.8. The SMILES string of the molecule is Cc1ccc(NC(=O)CN2CN(c3ccccc3)C3(CCN(C(=O)C(C)(C)C)CC3)C2=O)cc1. The Bertz CT molecular complexity index is 1050. The number of benzene rings is 2. The van der Waals surface area contributed by atoms with Gasteiger partial charge in [-0.05, 0) is 44.0 Å². The molecule has 7 nitrogen and oxygen atoms in total. The first-order chi connectivity index (χ1) is 16.1. The predicted molar refractivity (Wildman–Crippen MR) is 133 cm³/mol. The number of anilines is 2. The molecular formula is C27H34N4O3. The highest BCUT2D eigenvalue weighted by Gasteiger charge is 2.54. The van der Waals surface area contributed by atoms with Crippen molar-refractivity contribution in [3.63, 3.8) is 0 Å². The number of nitrogens with zero attached hydrogens (tertiary/aromatic N) is 3. The van der Waals surface area contributed by atoms with Gasteiger partial charge in [-0.25, -0.2) is 0 Å². The van der Waals surface area contributed by atoms with E-state index in [9.17, 15) is 14.4 Å². The molecule has 2 aliphatic rings. The van der Waals surface area contributed by atoms with Crippen LogP contribution in [0.2, 0.25) is 0 Å². The van der Waals surface area contributed by atoms with Crippen LogP contribution in [-0.4, -0.2) is 59.4 Å². The second kappa shape index (κ2) is 9.12. The Morgan fingerprint density at radius 1 is 0.971 bits per heavy atom. The Hall–Kier alpha value is -3.35. The van der Waals surface area contributed by atoms with Crippen molar-refractivity contribution < 1.29 is 14.4 Å². The van der Waals surface area contributed by atoms with Crippen LogP contribution in [0, 0.1) is 12.3 Å². The molecule has 0 bridgehead atoms. The van der Waals surface area contributed by atoms with E-state index in [0.717, 1.165) is 11.3 Å². The van der Waals surface area contributed by atoms with Gasteiger partial charge in [-0.3, -0.25) is 14.4 Å². The number of aryl methyl sites for hydroxylation is 1. The fourth-order valence-electron chi connectivity index (χ4n) is 4.89. The van der Waals surface area contributed by atoms with E-state index in [2.05, 4.69) is 10.2 Å². The van der Waals surface area contributed by atoms with Crippen molar-refractivity contribution in [1.29, 1.82) is 0 Å². The Morgan fingerprint density at radius 3 is 2.18 bits per heavy atom. The maximum Gasteiger partial charge on any atom is 0.250 e. The van der Waals surface area contributed by atoms with Gasteiger partial charge < -0.3 is 20.0 Å². The molecule has 2 heterocycles. The van der Waals surface area contributed by atoms with Crippen molar-refractivity contribution in [2.24, 2.45) is 5.41 Å². The molecule has 2 saturated heterocycles. The number of amides is 3. The number of hydrogen-bond donors (Lipinski definition) is 1. The normalized spacial score (nSPS) is 17.9. The van der Waals surface area contributed by atoms with Crippen molar-refractivity contribution in [1.82, 2.24) is 9.80 Å². The standard InChI is InChI=1S/C27H34N4O3/c1-20-10-12-21(13-11-20)28-23(32)18-30-19-31(22-8-6-5-7-9-22)27(25(30)34)14-16-29(17-15-27)24(33)26(2,3)4/h5-13H,14-19H2,1-4H3,(H,28,32). The molecule has 0 aliphatic carbocycles. The van der Waals surface area contributed by atoms with Crippen molar-refractivity contribution in [2.45, 2.75) is 46.1 Å². The molecule has 0 unspecified atom stereocenters. The van der Waals surface area contributed by atoms with Crippen LogP contribution < -0.4 is 10.2 Å². The van der Waals surface area contributed by atoms with E-state index in [-0.39, 0.29) is 24.3 Å². The third-order valence-corrected chi connectivity index (χ3v) is 6.77. The monoisotopic (exact) mass is 462 g/mol.